The van der Waals surface area contributed by atoms with Gasteiger partial charge in [0, 0.05) is 53.5 Å². The second-order valence-corrected chi connectivity index (χ2v) is 13.1. The van der Waals surface area contributed by atoms with Crippen molar-refractivity contribution in [3.63, 3.8) is 0 Å². The van der Waals surface area contributed by atoms with Crippen molar-refractivity contribution in [1.29, 1.82) is 0 Å². The molecule has 3 N–H and O–H groups in total. The van der Waals surface area contributed by atoms with Crippen molar-refractivity contribution in [3.05, 3.63) is 58.1 Å². The van der Waals surface area contributed by atoms with Crippen molar-refractivity contribution in [3.8, 4) is 0 Å². The molecule has 6 nitrogen and oxygen atoms in total. The molecule has 1 aliphatic heterocycles. The van der Waals surface area contributed by atoms with Gasteiger partial charge in [0.2, 0.25) is 5.91 Å². The number of amides is 1. The van der Waals surface area contributed by atoms with Crippen molar-refractivity contribution in [2.45, 2.75) is 65.5 Å². The number of hydrogen-bond acceptors (Lipinski definition) is 3. The van der Waals surface area contributed by atoms with Gasteiger partial charge >= 0.3 is 0 Å². The summed E-state index contributed by atoms with van der Waals surface area (Å²) < 4.78 is 0. The molecule has 3 saturated carbocycles. The van der Waals surface area contributed by atoms with E-state index >= 15 is 0 Å². The maximum atomic E-state index is 12.6. The minimum atomic E-state index is -0.0495. The third-order valence-corrected chi connectivity index (χ3v) is 9.92. The fourth-order valence-corrected chi connectivity index (χ4v) is 7.23. The number of anilines is 2. The van der Waals surface area contributed by atoms with Crippen LogP contribution in [0.1, 0.15) is 52.5 Å². The van der Waals surface area contributed by atoms with Crippen molar-refractivity contribution in [2.75, 3.05) is 30.3 Å². The standard InChI is InChI=1S/C31H41Cl2N5O/c1-19-18-38(14-13-34-19)30(37-28-16-22-15-26(20(28)2)31(22,3)4)36-25-10-8-24(9-11-25)35-29(39)12-6-21-5-7-23(32)17-27(21)33/h5,7-11,17,19-20,22,26,28,34H,6,12-16,18H2,1-4H3,(H,35,39)(H,36,37)/t19-,20+,22-,26-,28+/m0/s1. The van der Waals surface area contributed by atoms with Crippen molar-refractivity contribution in [1.82, 2.24) is 10.2 Å². The summed E-state index contributed by atoms with van der Waals surface area (Å²) in [6.07, 6.45) is 3.43. The molecule has 3 aliphatic carbocycles. The van der Waals surface area contributed by atoms with Crippen LogP contribution in [0.4, 0.5) is 11.4 Å². The number of fused-ring (bicyclic) bond motifs is 2. The lowest BCUT2D eigenvalue weighted by molar-refractivity contribution is -0.116. The molecule has 2 aromatic rings. The van der Waals surface area contributed by atoms with Gasteiger partial charge in [0.25, 0.3) is 0 Å². The first kappa shape index (κ1) is 28.3. The van der Waals surface area contributed by atoms with E-state index in [0.29, 0.717) is 46.3 Å². The summed E-state index contributed by atoms with van der Waals surface area (Å²) in [7, 11) is 0. The number of aliphatic imine (C=N–C) groups is 1. The zero-order valence-corrected chi connectivity index (χ0v) is 24.9. The van der Waals surface area contributed by atoms with Crippen molar-refractivity contribution in [2.24, 2.45) is 28.2 Å². The maximum absolute atomic E-state index is 12.6. The number of aryl methyl sites for hydroxylation is 1. The number of nitrogens with one attached hydrogen (secondary N) is 3. The Kier molecular flexibility index (Phi) is 8.46. The SMILES string of the molecule is C[C@H]1[C@H](N=C(Nc2ccc(NC(=O)CCc3ccc(Cl)cc3Cl)cc2)N2CCN[C@@H](C)C2)C[C@@H]2C[C@@H]1C2(C)C. The van der Waals surface area contributed by atoms with Gasteiger partial charge in [-0.15, -0.1) is 0 Å². The molecule has 4 fully saturated rings. The molecule has 5 atom stereocenters. The van der Waals surface area contributed by atoms with E-state index in [1.807, 2.05) is 30.3 Å². The van der Waals surface area contributed by atoms with Crippen LogP contribution >= 0.6 is 23.2 Å². The first-order valence-corrected chi connectivity index (χ1v) is 15.0. The van der Waals surface area contributed by atoms with Gasteiger partial charge in [-0.25, -0.2) is 4.99 Å². The van der Waals surface area contributed by atoms with Crippen LogP contribution < -0.4 is 16.0 Å². The molecule has 2 bridgehead atoms. The quantitative estimate of drug-likeness (QED) is 0.267. The molecule has 0 unspecified atom stereocenters. The number of carbonyl (C=O) groups excluding carboxylic acids is 1. The van der Waals surface area contributed by atoms with Gasteiger partial charge in [0.15, 0.2) is 5.96 Å². The molecule has 1 heterocycles. The largest absolute Gasteiger partial charge is 0.340 e. The monoisotopic (exact) mass is 569 g/mol. The average Bonchev–Trinajstić information content (AvgIpc) is 2.89. The average molecular weight is 571 g/mol. The zero-order valence-electron chi connectivity index (χ0n) is 23.4. The summed E-state index contributed by atoms with van der Waals surface area (Å²) in [4.78, 5) is 20.3. The number of hydrogen-bond donors (Lipinski definition) is 3. The fourth-order valence-electron chi connectivity index (χ4n) is 6.73. The summed E-state index contributed by atoms with van der Waals surface area (Å²) in [6, 6.07) is 14.0. The summed E-state index contributed by atoms with van der Waals surface area (Å²) >= 11 is 12.2. The molecule has 2 aromatic carbocycles. The zero-order chi connectivity index (χ0) is 27.7. The minimum absolute atomic E-state index is 0.0495. The van der Waals surface area contributed by atoms with Gasteiger partial charge in [0.05, 0.1) is 6.04 Å². The van der Waals surface area contributed by atoms with Crippen LogP contribution in [-0.2, 0) is 11.2 Å². The van der Waals surface area contributed by atoms with Crippen LogP contribution in [-0.4, -0.2) is 48.5 Å². The number of halogens is 2. The van der Waals surface area contributed by atoms with E-state index in [9.17, 15) is 4.79 Å². The van der Waals surface area contributed by atoms with E-state index in [2.05, 4.69) is 48.5 Å². The number of guanidine groups is 1. The Morgan fingerprint density at radius 3 is 2.44 bits per heavy atom. The highest BCUT2D eigenvalue weighted by Gasteiger charge is 2.56. The van der Waals surface area contributed by atoms with E-state index in [-0.39, 0.29) is 5.91 Å². The second kappa shape index (κ2) is 11.7. The Hall–Kier alpha value is -2.28. The maximum Gasteiger partial charge on any atom is 0.224 e. The van der Waals surface area contributed by atoms with Gasteiger partial charge in [-0.3, -0.25) is 4.79 Å². The lowest BCUT2D eigenvalue weighted by atomic mass is 9.45. The predicted octanol–water partition coefficient (Wildman–Crippen LogP) is 6.70. The van der Waals surface area contributed by atoms with E-state index in [1.54, 1.807) is 12.1 Å². The third kappa shape index (κ3) is 6.39. The Morgan fingerprint density at radius 1 is 1.08 bits per heavy atom. The molecular weight excluding hydrogens is 529 g/mol. The lowest BCUT2D eigenvalue weighted by Crippen LogP contribution is -2.57. The Morgan fingerprint density at radius 2 is 1.79 bits per heavy atom. The minimum Gasteiger partial charge on any atom is -0.340 e. The molecule has 8 heteroatoms. The molecule has 0 aromatic heterocycles. The highest BCUT2D eigenvalue weighted by atomic mass is 35.5. The first-order valence-electron chi connectivity index (χ1n) is 14.3. The molecule has 1 amide bonds. The summed E-state index contributed by atoms with van der Waals surface area (Å²) in [5, 5.41) is 11.4. The van der Waals surface area contributed by atoms with Gasteiger partial charge < -0.3 is 20.9 Å². The summed E-state index contributed by atoms with van der Waals surface area (Å²) in [6.45, 7) is 12.3. The first-order chi connectivity index (χ1) is 18.6. The van der Waals surface area contributed by atoms with Crippen LogP contribution in [0.25, 0.3) is 0 Å². The van der Waals surface area contributed by atoms with Gasteiger partial charge in [0.1, 0.15) is 0 Å². The highest BCUT2D eigenvalue weighted by molar-refractivity contribution is 6.35. The van der Waals surface area contributed by atoms with Gasteiger partial charge in [-0.2, -0.15) is 0 Å². The van der Waals surface area contributed by atoms with E-state index in [1.165, 1.54) is 12.8 Å². The van der Waals surface area contributed by atoms with E-state index in [4.69, 9.17) is 28.2 Å². The smallest absolute Gasteiger partial charge is 0.224 e. The van der Waals surface area contributed by atoms with E-state index in [0.717, 1.165) is 54.4 Å². The van der Waals surface area contributed by atoms with E-state index < -0.39 is 0 Å². The Balaban J connectivity index is 1.23. The number of rotatable bonds is 6. The highest BCUT2D eigenvalue weighted by Crippen LogP contribution is 2.61. The Labute approximate surface area is 242 Å². The second-order valence-electron chi connectivity index (χ2n) is 12.3. The summed E-state index contributed by atoms with van der Waals surface area (Å²) in [5.74, 6) is 3.03. The summed E-state index contributed by atoms with van der Waals surface area (Å²) in [5.41, 5.74) is 3.10. The topological polar surface area (TPSA) is 68.8 Å². The van der Waals surface area contributed by atoms with Gasteiger partial charge in [-0.1, -0.05) is 50.0 Å². The molecule has 4 aliphatic rings. The molecule has 0 radical (unpaired) electrons. The number of piperazine rings is 1. The lowest BCUT2D eigenvalue weighted by Gasteiger charge is -2.61. The third-order valence-electron chi connectivity index (χ3n) is 9.33. The van der Waals surface area contributed by atoms with Crippen molar-refractivity contribution < 1.29 is 4.79 Å². The number of carbonyl (C=O) groups is 1. The normalized spacial score (nSPS) is 28.0. The fraction of sp³-hybridized carbons (Fsp3) is 0.548. The molecule has 39 heavy (non-hydrogen) atoms. The Bertz CT molecular complexity index is 1210. The van der Waals surface area contributed by atoms with Crippen LogP contribution in [0.3, 0.4) is 0 Å². The number of nitrogens with zero attached hydrogens (tertiary/aromatic N) is 2. The van der Waals surface area contributed by atoms with Crippen LogP contribution in [0.2, 0.25) is 10.0 Å². The molecule has 1 saturated heterocycles. The molecule has 6 rings (SSSR count). The van der Waals surface area contributed by atoms with Gasteiger partial charge in [-0.05, 0) is 91.3 Å². The predicted molar refractivity (Wildman–Crippen MR) is 163 cm³/mol. The molecule has 210 valence electrons. The van der Waals surface area contributed by atoms with Crippen molar-refractivity contribution >= 4 is 46.4 Å². The van der Waals surface area contributed by atoms with Crippen LogP contribution in [0.5, 0.6) is 0 Å². The van der Waals surface area contributed by atoms with Crippen LogP contribution in [0.15, 0.2) is 47.5 Å². The van der Waals surface area contributed by atoms with Crippen LogP contribution in [0, 0.1) is 23.2 Å². The molecular formula is C31H41Cl2N5O. The molecule has 0 spiro atoms. The number of benzene rings is 2.